The second-order valence-corrected chi connectivity index (χ2v) is 8.48. The number of anilines is 1. The predicted octanol–water partition coefficient (Wildman–Crippen LogP) is 1.74. The molecule has 2 heterocycles. The minimum absolute atomic E-state index is 0.246. The lowest BCUT2D eigenvalue weighted by molar-refractivity contribution is -0.120. The highest BCUT2D eigenvalue weighted by Gasteiger charge is 2.29. The second-order valence-electron chi connectivity index (χ2n) is 8.48. The van der Waals surface area contributed by atoms with Crippen LogP contribution in [-0.2, 0) is 17.6 Å². The summed E-state index contributed by atoms with van der Waals surface area (Å²) in [5.41, 5.74) is 8.20. The van der Waals surface area contributed by atoms with Gasteiger partial charge in [-0.25, -0.2) is 9.79 Å². The number of carbonyl (C=O) groups excluding carboxylic acids is 2. The van der Waals surface area contributed by atoms with Gasteiger partial charge in [0.25, 0.3) is 0 Å². The molecule has 3 rings (SSSR count). The van der Waals surface area contributed by atoms with Gasteiger partial charge in [0.1, 0.15) is 11.6 Å². The SMILES string of the molecule is CN1C(=O)C(NC(=O)N=CC(=CN)Cc2cccnn2)CCc2ccc(C#CC(C)(C)O)cc21. The van der Waals surface area contributed by atoms with E-state index in [9.17, 15) is 14.7 Å². The van der Waals surface area contributed by atoms with Crippen molar-refractivity contribution in [2.24, 2.45) is 10.7 Å². The van der Waals surface area contributed by atoms with E-state index in [0.717, 1.165) is 11.3 Å². The first kappa shape index (κ1) is 24.6. The van der Waals surface area contributed by atoms with Crippen LogP contribution in [0.3, 0.4) is 0 Å². The van der Waals surface area contributed by atoms with Gasteiger partial charge in [0, 0.05) is 37.1 Å². The molecule has 1 aliphatic heterocycles. The summed E-state index contributed by atoms with van der Waals surface area (Å²) in [7, 11) is 1.66. The first-order valence-electron chi connectivity index (χ1n) is 10.8. The molecule has 1 aromatic heterocycles. The summed E-state index contributed by atoms with van der Waals surface area (Å²) in [6, 6.07) is 7.79. The Morgan fingerprint density at radius 1 is 1.41 bits per heavy atom. The minimum atomic E-state index is -1.11. The van der Waals surface area contributed by atoms with Crippen LogP contribution in [0.25, 0.3) is 0 Å². The Kier molecular flexibility index (Phi) is 7.76. The third-order valence-corrected chi connectivity index (χ3v) is 5.16. The van der Waals surface area contributed by atoms with E-state index in [4.69, 9.17) is 5.73 Å². The van der Waals surface area contributed by atoms with Gasteiger partial charge in [-0.3, -0.25) is 4.79 Å². The Bertz CT molecular complexity index is 1170. The smallest absolute Gasteiger partial charge is 0.341 e. The van der Waals surface area contributed by atoms with Crippen LogP contribution in [0.15, 0.2) is 53.3 Å². The second kappa shape index (κ2) is 10.7. The Labute approximate surface area is 198 Å². The molecule has 0 saturated heterocycles. The molecule has 34 heavy (non-hydrogen) atoms. The van der Waals surface area contributed by atoms with Crippen LogP contribution in [0, 0.1) is 11.8 Å². The predicted molar refractivity (Wildman–Crippen MR) is 130 cm³/mol. The molecule has 4 N–H and O–H groups in total. The summed E-state index contributed by atoms with van der Waals surface area (Å²) in [6.07, 6.45) is 5.69. The van der Waals surface area contributed by atoms with E-state index in [1.165, 1.54) is 17.3 Å². The molecule has 9 heteroatoms. The van der Waals surface area contributed by atoms with Gasteiger partial charge in [-0.1, -0.05) is 17.9 Å². The van der Waals surface area contributed by atoms with Crippen molar-refractivity contribution in [3.63, 3.8) is 0 Å². The number of aromatic nitrogens is 2. The number of nitrogens with two attached hydrogens (primary N) is 1. The topological polar surface area (TPSA) is 134 Å². The van der Waals surface area contributed by atoms with E-state index in [1.54, 1.807) is 39.2 Å². The maximum atomic E-state index is 13.0. The minimum Gasteiger partial charge on any atom is -0.404 e. The number of benzene rings is 1. The van der Waals surface area contributed by atoms with Crippen molar-refractivity contribution in [3.05, 3.63) is 65.1 Å². The van der Waals surface area contributed by atoms with Crippen LogP contribution in [0.4, 0.5) is 10.5 Å². The average molecular weight is 461 g/mol. The average Bonchev–Trinajstić information content (AvgIpc) is 2.92. The zero-order chi connectivity index (χ0) is 24.7. The molecular formula is C25H28N6O3. The quantitative estimate of drug-likeness (QED) is 0.470. The fourth-order valence-corrected chi connectivity index (χ4v) is 3.41. The highest BCUT2D eigenvalue weighted by atomic mass is 16.3. The molecule has 176 valence electrons. The van der Waals surface area contributed by atoms with Crippen LogP contribution in [0.2, 0.25) is 0 Å². The lowest BCUT2D eigenvalue weighted by Gasteiger charge is -2.21. The first-order valence-corrected chi connectivity index (χ1v) is 10.8. The van der Waals surface area contributed by atoms with Crippen LogP contribution in [0.1, 0.15) is 37.1 Å². The van der Waals surface area contributed by atoms with E-state index in [0.29, 0.717) is 36.1 Å². The Morgan fingerprint density at radius 3 is 2.88 bits per heavy atom. The summed E-state index contributed by atoms with van der Waals surface area (Å²) in [5, 5.41) is 20.3. The number of aryl methyl sites for hydroxylation is 1. The molecule has 0 fully saturated rings. The van der Waals surface area contributed by atoms with E-state index < -0.39 is 17.7 Å². The summed E-state index contributed by atoms with van der Waals surface area (Å²) in [4.78, 5) is 30.9. The highest BCUT2D eigenvalue weighted by Crippen LogP contribution is 2.27. The van der Waals surface area contributed by atoms with Crippen molar-refractivity contribution in [3.8, 4) is 11.8 Å². The molecule has 1 unspecified atom stereocenters. The fraction of sp³-hybridized carbons (Fsp3) is 0.320. The Morgan fingerprint density at radius 2 is 2.21 bits per heavy atom. The van der Waals surface area contributed by atoms with E-state index in [2.05, 4.69) is 32.3 Å². The number of likely N-dealkylation sites (N-methyl/N-ethyl adjacent to an activating group) is 1. The first-order chi connectivity index (χ1) is 16.2. The van der Waals surface area contributed by atoms with Crippen LogP contribution >= 0.6 is 0 Å². The summed E-state index contributed by atoms with van der Waals surface area (Å²) in [5.74, 6) is 5.46. The van der Waals surface area contributed by atoms with Gasteiger partial charge < -0.3 is 21.1 Å². The number of fused-ring (bicyclic) bond motifs is 1. The zero-order valence-corrected chi connectivity index (χ0v) is 19.4. The number of amides is 3. The molecule has 1 aliphatic rings. The number of nitrogens with one attached hydrogen (secondary N) is 1. The van der Waals surface area contributed by atoms with Crippen molar-refractivity contribution in [2.45, 2.75) is 44.8 Å². The van der Waals surface area contributed by atoms with Gasteiger partial charge in [-0.2, -0.15) is 10.2 Å². The monoisotopic (exact) mass is 460 g/mol. The standard InChI is InChI=1S/C25H28N6O3/c1-25(2,34)11-10-17-6-7-19-8-9-21(23(32)31(3)22(19)14-17)29-24(33)27-16-18(15-26)13-20-5-4-12-28-30-20/h4-7,12,14-16,21,34H,8-9,13,26H2,1-3H3,(H,29,33). The van der Waals surface area contributed by atoms with Crippen LogP contribution in [0.5, 0.6) is 0 Å². The summed E-state index contributed by atoms with van der Waals surface area (Å²) in [6.45, 7) is 3.22. The summed E-state index contributed by atoms with van der Waals surface area (Å²) >= 11 is 0. The number of rotatable bonds is 4. The maximum absolute atomic E-state index is 13.0. The molecule has 1 atom stereocenters. The molecule has 0 saturated carbocycles. The largest absolute Gasteiger partial charge is 0.404 e. The number of allylic oxidation sites excluding steroid dienone is 1. The zero-order valence-electron chi connectivity index (χ0n) is 19.4. The van der Waals surface area contributed by atoms with Gasteiger partial charge in [0.05, 0.1) is 5.69 Å². The number of carbonyl (C=O) groups is 2. The molecule has 0 bridgehead atoms. The molecule has 2 aromatic rings. The molecule has 3 amide bonds. The van der Waals surface area contributed by atoms with Crippen molar-refractivity contribution in [2.75, 3.05) is 11.9 Å². The van der Waals surface area contributed by atoms with Gasteiger partial charge in [0.2, 0.25) is 5.91 Å². The van der Waals surface area contributed by atoms with Crippen molar-refractivity contribution < 1.29 is 14.7 Å². The number of aliphatic hydroxyl groups is 1. The number of hydrogen-bond acceptors (Lipinski definition) is 6. The Balaban J connectivity index is 1.68. The summed E-state index contributed by atoms with van der Waals surface area (Å²) < 4.78 is 0. The van der Waals surface area contributed by atoms with E-state index in [1.807, 2.05) is 18.2 Å². The lowest BCUT2D eigenvalue weighted by Crippen LogP contribution is -2.46. The van der Waals surface area contributed by atoms with Crippen LogP contribution < -0.4 is 16.0 Å². The van der Waals surface area contributed by atoms with E-state index in [-0.39, 0.29) is 5.91 Å². The molecule has 0 radical (unpaired) electrons. The highest BCUT2D eigenvalue weighted by molar-refractivity contribution is 6.01. The van der Waals surface area contributed by atoms with Crippen molar-refractivity contribution >= 4 is 23.8 Å². The normalized spacial score (nSPS) is 16.5. The number of hydrogen-bond donors (Lipinski definition) is 3. The van der Waals surface area contributed by atoms with E-state index >= 15 is 0 Å². The van der Waals surface area contributed by atoms with Crippen LogP contribution in [-0.4, -0.2) is 52.1 Å². The van der Waals surface area contributed by atoms with Gasteiger partial charge in [-0.15, -0.1) is 0 Å². The molecule has 0 aliphatic carbocycles. The van der Waals surface area contributed by atoms with Gasteiger partial charge in [0.15, 0.2) is 0 Å². The molecule has 1 aromatic carbocycles. The fourth-order valence-electron chi connectivity index (χ4n) is 3.41. The molecular weight excluding hydrogens is 432 g/mol. The van der Waals surface area contributed by atoms with Crippen molar-refractivity contribution in [1.29, 1.82) is 0 Å². The van der Waals surface area contributed by atoms with Gasteiger partial charge in [-0.05, 0) is 68.3 Å². The molecule has 9 nitrogen and oxygen atoms in total. The number of aliphatic imine (C=N–C) groups is 1. The maximum Gasteiger partial charge on any atom is 0.341 e. The lowest BCUT2D eigenvalue weighted by atomic mass is 10.0. The molecule has 0 spiro atoms. The number of urea groups is 1. The number of nitrogens with zero attached hydrogens (tertiary/aromatic N) is 4. The van der Waals surface area contributed by atoms with Crippen molar-refractivity contribution in [1.82, 2.24) is 15.5 Å². The van der Waals surface area contributed by atoms with Gasteiger partial charge >= 0.3 is 6.03 Å². The Hall–Kier alpha value is -4.03. The third kappa shape index (κ3) is 6.73. The third-order valence-electron chi connectivity index (χ3n) is 5.16.